The van der Waals surface area contributed by atoms with E-state index in [0.717, 1.165) is 30.6 Å². The van der Waals surface area contributed by atoms with Gasteiger partial charge in [0, 0.05) is 11.5 Å². The molecule has 2 saturated carbocycles. The molecule has 190 valence electrons. The lowest BCUT2D eigenvalue weighted by Gasteiger charge is -2.41. The summed E-state index contributed by atoms with van der Waals surface area (Å²) in [5, 5.41) is 0. The highest BCUT2D eigenvalue weighted by Gasteiger charge is 2.36. The van der Waals surface area contributed by atoms with E-state index in [1.807, 2.05) is 6.92 Å². The molecule has 1 aromatic rings. The summed E-state index contributed by atoms with van der Waals surface area (Å²) >= 11 is 0. The zero-order valence-electron chi connectivity index (χ0n) is 20.9. The standard InChI is InChI=1S/C29H42F2O3/c1-3-5-17-32-26-16-15-25(27(30)28(26)31)29-33-18-24(19-34-29)23-13-11-22(12-14-23)21-9-7-20(6-4-2)8-10-21/h4,6,15-16,20-24,29H,3,5,7-14,17-19H2,1-2H3/b6-4+. The van der Waals surface area contributed by atoms with E-state index in [1.165, 1.54) is 63.5 Å². The van der Waals surface area contributed by atoms with Gasteiger partial charge in [0.2, 0.25) is 5.82 Å². The molecule has 2 aliphatic carbocycles. The second kappa shape index (κ2) is 12.5. The van der Waals surface area contributed by atoms with Gasteiger partial charge < -0.3 is 14.2 Å². The highest BCUT2D eigenvalue weighted by atomic mass is 19.2. The van der Waals surface area contributed by atoms with Crippen LogP contribution in [0.25, 0.3) is 0 Å². The maximum atomic E-state index is 14.7. The molecule has 1 heterocycles. The number of ether oxygens (including phenoxy) is 3. The Labute approximate surface area is 204 Å². The van der Waals surface area contributed by atoms with Gasteiger partial charge in [0.25, 0.3) is 0 Å². The van der Waals surface area contributed by atoms with Crippen molar-refractivity contribution in [2.24, 2.45) is 29.6 Å². The smallest absolute Gasteiger partial charge is 0.201 e. The molecule has 0 radical (unpaired) electrons. The van der Waals surface area contributed by atoms with Crippen LogP contribution in [0.5, 0.6) is 5.75 Å². The lowest BCUT2D eigenvalue weighted by molar-refractivity contribution is -0.216. The van der Waals surface area contributed by atoms with Crippen molar-refractivity contribution in [2.75, 3.05) is 19.8 Å². The molecule has 3 aliphatic rings. The minimum Gasteiger partial charge on any atom is -0.490 e. The molecule has 4 rings (SSSR count). The maximum Gasteiger partial charge on any atom is 0.201 e. The van der Waals surface area contributed by atoms with Crippen LogP contribution in [0, 0.1) is 41.2 Å². The molecule has 0 atom stereocenters. The molecule has 1 aromatic carbocycles. The zero-order chi connectivity index (χ0) is 23.9. The summed E-state index contributed by atoms with van der Waals surface area (Å²) in [5.74, 6) is 1.58. The van der Waals surface area contributed by atoms with Gasteiger partial charge >= 0.3 is 0 Å². The van der Waals surface area contributed by atoms with Crippen LogP contribution in [-0.4, -0.2) is 19.8 Å². The molecular weight excluding hydrogens is 434 g/mol. The molecule has 0 bridgehead atoms. The van der Waals surface area contributed by atoms with E-state index in [2.05, 4.69) is 19.1 Å². The average molecular weight is 477 g/mol. The average Bonchev–Trinajstić information content (AvgIpc) is 2.88. The largest absolute Gasteiger partial charge is 0.490 e. The number of halogens is 2. The first-order valence-electron chi connectivity index (χ1n) is 13.6. The van der Waals surface area contributed by atoms with Gasteiger partial charge in [-0.2, -0.15) is 4.39 Å². The van der Waals surface area contributed by atoms with E-state index in [4.69, 9.17) is 14.2 Å². The molecule has 0 amide bonds. The summed E-state index contributed by atoms with van der Waals surface area (Å²) in [4.78, 5) is 0. The van der Waals surface area contributed by atoms with E-state index >= 15 is 0 Å². The topological polar surface area (TPSA) is 27.7 Å². The molecular formula is C29H42F2O3. The Morgan fingerprint density at radius 3 is 2.03 bits per heavy atom. The Hall–Kier alpha value is -1.46. The van der Waals surface area contributed by atoms with Crippen molar-refractivity contribution >= 4 is 0 Å². The van der Waals surface area contributed by atoms with E-state index in [0.29, 0.717) is 31.7 Å². The first-order valence-corrected chi connectivity index (χ1v) is 13.6. The van der Waals surface area contributed by atoms with Crippen LogP contribution in [0.2, 0.25) is 0 Å². The van der Waals surface area contributed by atoms with Crippen molar-refractivity contribution in [3.05, 3.63) is 41.5 Å². The van der Waals surface area contributed by atoms with Crippen molar-refractivity contribution in [3.8, 4) is 5.75 Å². The Morgan fingerprint density at radius 2 is 1.44 bits per heavy atom. The predicted molar refractivity (Wildman–Crippen MR) is 131 cm³/mol. The Bertz CT molecular complexity index is 787. The van der Waals surface area contributed by atoms with Gasteiger partial charge in [0.1, 0.15) is 0 Å². The lowest BCUT2D eigenvalue weighted by atomic mass is 9.67. The van der Waals surface area contributed by atoms with Gasteiger partial charge in [-0.3, -0.25) is 0 Å². The summed E-state index contributed by atoms with van der Waals surface area (Å²) < 4.78 is 46.3. The van der Waals surface area contributed by atoms with Gasteiger partial charge in [-0.1, -0.05) is 25.5 Å². The normalized spacial score (nSPS) is 32.7. The molecule has 34 heavy (non-hydrogen) atoms. The van der Waals surface area contributed by atoms with Crippen LogP contribution >= 0.6 is 0 Å². The molecule has 0 aromatic heterocycles. The molecule has 5 heteroatoms. The van der Waals surface area contributed by atoms with E-state index in [-0.39, 0.29) is 11.3 Å². The third-order valence-electron chi connectivity index (χ3n) is 8.44. The summed E-state index contributed by atoms with van der Waals surface area (Å²) in [5.41, 5.74) is 0.121. The second-order valence-electron chi connectivity index (χ2n) is 10.6. The Morgan fingerprint density at radius 1 is 0.853 bits per heavy atom. The number of rotatable bonds is 8. The first-order chi connectivity index (χ1) is 16.6. The molecule has 0 unspecified atom stereocenters. The number of allylic oxidation sites excluding steroid dienone is 2. The van der Waals surface area contributed by atoms with E-state index < -0.39 is 17.9 Å². The Balaban J connectivity index is 1.23. The third kappa shape index (κ3) is 6.20. The van der Waals surface area contributed by atoms with Crippen molar-refractivity contribution in [3.63, 3.8) is 0 Å². The van der Waals surface area contributed by atoms with Crippen LogP contribution < -0.4 is 4.74 Å². The quantitative estimate of drug-likeness (QED) is 0.281. The predicted octanol–water partition coefficient (Wildman–Crippen LogP) is 7.99. The molecule has 3 fully saturated rings. The number of benzene rings is 1. The van der Waals surface area contributed by atoms with Crippen LogP contribution in [0.15, 0.2) is 24.3 Å². The summed E-state index contributed by atoms with van der Waals surface area (Å²) in [6, 6.07) is 3.01. The van der Waals surface area contributed by atoms with Gasteiger partial charge in [-0.25, -0.2) is 4.39 Å². The number of hydrogen-bond donors (Lipinski definition) is 0. The fourth-order valence-electron chi connectivity index (χ4n) is 6.31. The van der Waals surface area contributed by atoms with Crippen LogP contribution in [-0.2, 0) is 9.47 Å². The Kier molecular flexibility index (Phi) is 9.41. The zero-order valence-corrected chi connectivity index (χ0v) is 20.9. The maximum absolute atomic E-state index is 14.7. The van der Waals surface area contributed by atoms with E-state index in [9.17, 15) is 8.78 Å². The minimum absolute atomic E-state index is 0.0459. The number of unbranched alkanes of at least 4 members (excludes halogenated alkanes) is 1. The molecule has 3 nitrogen and oxygen atoms in total. The summed E-state index contributed by atoms with van der Waals surface area (Å²) in [6.45, 7) is 5.62. The summed E-state index contributed by atoms with van der Waals surface area (Å²) in [7, 11) is 0. The second-order valence-corrected chi connectivity index (χ2v) is 10.6. The lowest BCUT2D eigenvalue weighted by Crippen LogP contribution is -2.35. The first kappa shape index (κ1) is 25.6. The molecule has 0 spiro atoms. The fraction of sp³-hybridized carbons (Fsp3) is 0.724. The van der Waals surface area contributed by atoms with Gasteiger partial charge in [0.15, 0.2) is 17.9 Å². The monoisotopic (exact) mass is 476 g/mol. The highest BCUT2D eigenvalue weighted by Crippen LogP contribution is 2.44. The van der Waals surface area contributed by atoms with Gasteiger partial charge in [-0.15, -0.1) is 0 Å². The van der Waals surface area contributed by atoms with Crippen molar-refractivity contribution in [2.45, 2.75) is 84.3 Å². The fourth-order valence-corrected chi connectivity index (χ4v) is 6.31. The SMILES string of the molecule is C/C=C/C1CCC(C2CCC(C3COC(c4ccc(OCCCC)c(F)c4F)OC3)CC2)CC1. The minimum atomic E-state index is -0.957. The van der Waals surface area contributed by atoms with Crippen LogP contribution in [0.4, 0.5) is 8.78 Å². The van der Waals surface area contributed by atoms with Crippen LogP contribution in [0.3, 0.4) is 0 Å². The van der Waals surface area contributed by atoms with E-state index in [1.54, 1.807) is 0 Å². The van der Waals surface area contributed by atoms with Gasteiger partial charge in [0.05, 0.1) is 19.8 Å². The van der Waals surface area contributed by atoms with Crippen molar-refractivity contribution in [1.82, 2.24) is 0 Å². The van der Waals surface area contributed by atoms with Crippen molar-refractivity contribution in [1.29, 1.82) is 0 Å². The molecule has 0 N–H and O–H groups in total. The third-order valence-corrected chi connectivity index (χ3v) is 8.44. The number of hydrogen-bond acceptors (Lipinski definition) is 3. The van der Waals surface area contributed by atoms with Gasteiger partial charge in [-0.05, 0) is 101 Å². The van der Waals surface area contributed by atoms with Crippen molar-refractivity contribution < 1.29 is 23.0 Å². The highest BCUT2D eigenvalue weighted by molar-refractivity contribution is 5.32. The molecule has 1 saturated heterocycles. The molecule has 1 aliphatic heterocycles. The summed E-state index contributed by atoms with van der Waals surface area (Å²) in [6.07, 6.45) is 16.0. The van der Waals surface area contributed by atoms with Crippen LogP contribution in [0.1, 0.15) is 89.9 Å².